The minimum atomic E-state index is -0.0181. The average molecular weight is 197 g/mol. The Labute approximate surface area is 87.3 Å². The van der Waals surface area contributed by atoms with Crippen LogP contribution in [0.3, 0.4) is 0 Å². The van der Waals surface area contributed by atoms with E-state index in [1.54, 1.807) is 0 Å². The van der Waals surface area contributed by atoms with E-state index in [0.29, 0.717) is 6.04 Å². The van der Waals surface area contributed by atoms with Crippen molar-refractivity contribution in [3.63, 3.8) is 0 Å². The van der Waals surface area contributed by atoms with Gasteiger partial charge in [-0.25, -0.2) is 0 Å². The summed E-state index contributed by atoms with van der Waals surface area (Å²) in [6, 6.07) is 0.676. The molecule has 2 fully saturated rings. The fourth-order valence-electron chi connectivity index (χ4n) is 2.81. The Kier molecular flexibility index (Phi) is 3.45. The normalized spacial score (nSPS) is 33.6. The van der Waals surface area contributed by atoms with Crippen LogP contribution in [-0.4, -0.2) is 35.2 Å². The highest BCUT2D eigenvalue weighted by Crippen LogP contribution is 2.30. The van der Waals surface area contributed by atoms with E-state index in [1.165, 1.54) is 32.2 Å². The van der Waals surface area contributed by atoms with Crippen LogP contribution in [-0.2, 0) is 0 Å². The predicted octanol–water partition coefficient (Wildman–Crippen LogP) is 2.02. The maximum atomic E-state index is 9.52. The molecule has 0 bridgehead atoms. The number of nitrogens with zero attached hydrogens (tertiary/aromatic N) is 1. The summed E-state index contributed by atoms with van der Waals surface area (Å²) in [5, 5.41) is 9.52. The highest BCUT2D eigenvalue weighted by molar-refractivity contribution is 4.84. The first-order valence-corrected chi connectivity index (χ1v) is 6.21. The molecule has 2 heteroatoms. The summed E-state index contributed by atoms with van der Waals surface area (Å²) in [7, 11) is 0. The second-order valence-corrected chi connectivity index (χ2v) is 5.01. The van der Waals surface area contributed by atoms with Crippen LogP contribution in [0.4, 0.5) is 0 Å². The van der Waals surface area contributed by atoms with Gasteiger partial charge in [0.1, 0.15) is 0 Å². The average Bonchev–Trinajstić information content (AvgIpc) is 2.50. The summed E-state index contributed by atoms with van der Waals surface area (Å²) in [4.78, 5) is 2.60. The van der Waals surface area contributed by atoms with E-state index < -0.39 is 0 Å². The lowest BCUT2D eigenvalue weighted by molar-refractivity contribution is 0.122. The van der Waals surface area contributed by atoms with Gasteiger partial charge in [0.05, 0.1) is 6.10 Å². The van der Waals surface area contributed by atoms with Gasteiger partial charge in [-0.2, -0.15) is 0 Å². The smallest absolute Gasteiger partial charge is 0.0555 e. The molecule has 2 unspecified atom stereocenters. The van der Waals surface area contributed by atoms with Crippen molar-refractivity contribution in [1.29, 1.82) is 0 Å². The lowest BCUT2D eigenvalue weighted by Gasteiger charge is -2.35. The fourth-order valence-corrected chi connectivity index (χ4v) is 2.81. The first-order valence-electron chi connectivity index (χ1n) is 6.21. The SMILES string of the molecule is CCN(CC1CCC1)C1CCC(O)C1. The van der Waals surface area contributed by atoms with Gasteiger partial charge in [-0.05, 0) is 44.6 Å². The van der Waals surface area contributed by atoms with Crippen LogP contribution in [0.2, 0.25) is 0 Å². The molecule has 1 N–H and O–H groups in total. The van der Waals surface area contributed by atoms with Crippen molar-refractivity contribution < 1.29 is 5.11 Å². The summed E-state index contributed by atoms with van der Waals surface area (Å²) < 4.78 is 0. The van der Waals surface area contributed by atoms with E-state index in [0.717, 1.165) is 25.3 Å². The minimum absolute atomic E-state index is 0.0181. The number of aliphatic hydroxyl groups excluding tert-OH is 1. The van der Waals surface area contributed by atoms with Gasteiger partial charge in [-0.15, -0.1) is 0 Å². The molecule has 0 heterocycles. The summed E-state index contributed by atoms with van der Waals surface area (Å²) in [5.74, 6) is 0.965. The Morgan fingerprint density at radius 2 is 2.00 bits per heavy atom. The lowest BCUT2D eigenvalue weighted by Crippen LogP contribution is -2.39. The first kappa shape index (κ1) is 10.4. The molecular weight excluding hydrogens is 174 g/mol. The highest BCUT2D eigenvalue weighted by Gasteiger charge is 2.29. The van der Waals surface area contributed by atoms with Crippen molar-refractivity contribution >= 4 is 0 Å². The molecule has 0 aromatic rings. The van der Waals surface area contributed by atoms with Crippen molar-refractivity contribution in [3.05, 3.63) is 0 Å². The molecule has 0 amide bonds. The van der Waals surface area contributed by atoms with Gasteiger partial charge in [0, 0.05) is 12.6 Å². The molecule has 2 atom stereocenters. The van der Waals surface area contributed by atoms with Gasteiger partial charge < -0.3 is 10.0 Å². The van der Waals surface area contributed by atoms with Gasteiger partial charge in [0.25, 0.3) is 0 Å². The third-order valence-corrected chi connectivity index (χ3v) is 4.02. The number of hydrogen-bond acceptors (Lipinski definition) is 2. The van der Waals surface area contributed by atoms with Crippen LogP contribution < -0.4 is 0 Å². The van der Waals surface area contributed by atoms with Crippen molar-refractivity contribution in [2.45, 2.75) is 57.6 Å². The first-order chi connectivity index (χ1) is 6.79. The fraction of sp³-hybridized carbons (Fsp3) is 1.00. The zero-order valence-electron chi connectivity index (χ0n) is 9.28. The molecule has 2 aliphatic rings. The van der Waals surface area contributed by atoms with Gasteiger partial charge in [0.15, 0.2) is 0 Å². The molecule has 82 valence electrons. The molecule has 0 spiro atoms. The second kappa shape index (κ2) is 4.63. The molecule has 0 saturated heterocycles. The monoisotopic (exact) mass is 197 g/mol. The van der Waals surface area contributed by atoms with Crippen LogP contribution >= 0.6 is 0 Å². The molecule has 2 saturated carbocycles. The Morgan fingerprint density at radius 3 is 2.43 bits per heavy atom. The molecule has 2 aliphatic carbocycles. The summed E-state index contributed by atoms with van der Waals surface area (Å²) in [5.41, 5.74) is 0. The van der Waals surface area contributed by atoms with E-state index in [2.05, 4.69) is 11.8 Å². The second-order valence-electron chi connectivity index (χ2n) is 5.01. The van der Waals surface area contributed by atoms with E-state index in [4.69, 9.17) is 0 Å². The minimum Gasteiger partial charge on any atom is -0.393 e. The quantitative estimate of drug-likeness (QED) is 0.745. The van der Waals surface area contributed by atoms with Crippen LogP contribution in [0.1, 0.15) is 45.4 Å². The Hall–Kier alpha value is -0.0800. The Balaban J connectivity index is 1.79. The van der Waals surface area contributed by atoms with Crippen molar-refractivity contribution in [2.24, 2.45) is 5.92 Å². The van der Waals surface area contributed by atoms with E-state index in [-0.39, 0.29) is 6.10 Å². The topological polar surface area (TPSA) is 23.5 Å². The van der Waals surface area contributed by atoms with Crippen LogP contribution in [0.25, 0.3) is 0 Å². The molecule has 14 heavy (non-hydrogen) atoms. The Bertz CT molecular complexity index is 179. The zero-order chi connectivity index (χ0) is 9.97. The third-order valence-electron chi connectivity index (χ3n) is 4.02. The van der Waals surface area contributed by atoms with Crippen molar-refractivity contribution in [3.8, 4) is 0 Å². The summed E-state index contributed by atoms with van der Waals surface area (Å²) in [6.45, 7) is 4.70. The summed E-state index contributed by atoms with van der Waals surface area (Å²) >= 11 is 0. The lowest BCUT2D eigenvalue weighted by atomic mass is 9.85. The van der Waals surface area contributed by atoms with Gasteiger partial charge >= 0.3 is 0 Å². The van der Waals surface area contributed by atoms with Crippen molar-refractivity contribution in [1.82, 2.24) is 4.90 Å². The van der Waals surface area contributed by atoms with Gasteiger partial charge in [-0.3, -0.25) is 0 Å². The van der Waals surface area contributed by atoms with Gasteiger partial charge in [-0.1, -0.05) is 13.3 Å². The molecule has 0 aromatic heterocycles. The molecule has 0 aromatic carbocycles. The number of aliphatic hydroxyl groups is 1. The Morgan fingerprint density at radius 1 is 1.21 bits per heavy atom. The van der Waals surface area contributed by atoms with Crippen molar-refractivity contribution in [2.75, 3.05) is 13.1 Å². The van der Waals surface area contributed by atoms with E-state index in [1.807, 2.05) is 0 Å². The highest BCUT2D eigenvalue weighted by atomic mass is 16.3. The molecular formula is C12H23NO. The standard InChI is InChI=1S/C12H23NO/c1-2-13(9-10-4-3-5-10)11-6-7-12(14)8-11/h10-12,14H,2-9H2,1H3. The maximum Gasteiger partial charge on any atom is 0.0555 e. The predicted molar refractivity (Wildman–Crippen MR) is 58.2 cm³/mol. The van der Waals surface area contributed by atoms with Crippen LogP contribution in [0, 0.1) is 5.92 Å². The molecule has 0 radical (unpaired) electrons. The zero-order valence-corrected chi connectivity index (χ0v) is 9.28. The molecule has 2 rings (SSSR count). The van der Waals surface area contributed by atoms with Crippen LogP contribution in [0.15, 0.2) is 0 Å². The summed E-state index contributed by atoms with van der Waals surface area (Å²) in [6.07, 6.45) is 7.54. The number of rotatable bonds is 4. The van der Waals surface area contributed by atoms with E-state index in [9.17, 15) is 5.11 Å². The number of hydrogen-bond donors (Lipinski definition) is 1. The maximum absolute atomic E-state index is 9.52. The third kappa shape index (κ3) is 2.29. The van der Waals surface area contributed by atoms with Crippen LogP contribution in [0.5, 0.6) is 0 Å². The van der Waals surface area contributed by atoms with Gasteiger partial charge in [0.2, 0.25) is 0 Å². The van der Waals surface area contributed by atoms with E-state index >= 15 is 0 Å². The molecule has 0 aliphatic heterocycles. The largest absolute Gasteiger partial charge is 0.393 e. The molecule has 2 nitrogen and oxygen atoms in total.